The van der Waals surface area contributed by atoms with Crippen LogP contribution in [0.15, 0.2) is 42.9 Å². The van der Waals surface area contributed by atoms with Gasteiger partial charge in [-0.05, 0) is 12.1 Å². The Bertz CT molecular complexity index is 775. The molecule has 0 saturated carbocycles. The van der Waals surface area contributed by atoms with E-state index in [-0.39, 0.29) is 0 Å². The molecule has 1 aliphatic rings. The average molecular weight is 309 g/mol. The summed E-state index contributed by atoms with van der Waals surface area (Å²) in [6, 6.07) is 7.37. The molecule has 116 valence electrons. The predicted molar refractivity (Wildman–Crippen MR) is 81.7 cm³/mol. The summed E-state index contributed by atoms with van der Waals surface area (Å²) < 4.78 is 7.59. The summed E-state index contributed by atoms with van der Waals surface area (Å²) in [4.78, 5) is 14.9. The van der Waals surface area contributed by atoms with Gasteiger partial charge in [0.1, 0.15) is 12.3 Å². The zero-order valence-corrected chi connectivity index (χ0v) is 12.4. The Kier molecular flexibility index (Phi) is 3.55. The Morgan fingerprint density at radius 2 is 1.87 bits per heavy atom. The van der Waals surface area contributed by atoms with Crippen molar-refractivity contribution in [1.82, 2.24) is 29.9 Å². The number of rotatable bonds is 4. The van der Waals surface area contributed by atoms with Crippen LogP contribution in [0.25, 0.3) is 0 Å². The molecule has 0 spiro atoms. The van der Waals surface area contributed by atoms with Crippen LogP contribution in [0.2, 0.25) is 0 Å². The summed E-state index contributed by atoms with van der Waals surface area (Å²) in [7, 11) is 0. The molecule has 0 aromatic carbocycles. The van der Waals surface area contributed by atoms with E-state index in [0.29, 0.717) is 19.0 Å². The van der Waals surface area contributed by atoms with E-state index in [1.807, 2.05) is 28.9 Å². The fraction of sp³-hybridized carbons (Fsp3) is 0.267. The van der Waals surface area contributed by atoms with Gasteiger partial charge in [-0.1, -0.05) is 11.3 Å². The molecule has 0 N–H and O–H groups in total. The molecular weight excluding hydrogens is 294 g/mol. The van der Waals surface area contributed by atoms with Crippen molar-refractivity contribution in [2.45, 2.75) is 19.7 Å². The second kappa shape index (κ2) is 5.99. The van der Waals surface area contributed by atoms with Crippen molar-refractivity contribution in [2.75, 3.05) is 11.4 Å². The van der Waals surface area contributed by atoms with Gasteiger partial charge in [-0.25, -0.2) is 19.6 Å². The lowest BCUT2D eigenvalue weighted by Crippen LogP contribution is -2.35. The van der Waals surface area contributed by atoms with Crippen molar-refractivity contribution in [3.05, 3.63) is 54.2 Å². The molecule has 4 heterocycles. The first-order valence-corrected chi connectivity index (χ1v) is 7.37. The van der Waals surface area contributed by atoms with Gasteiger partial charge in [0.2, 0.25) is 11.8 Å². The van der Waals surface area contributed by atoms with Crippen LogP contribution in [0.4, 0.5) is 5.95 Å². The molecule has 0 radical (unpaired) electrons. The van der Waals surface area contributed by atoms with E-state index < -0.39 is 0 Å². The van der Waals surface area contributed by atoms with Crippen molar-refractivity contribution < 1.29 is 4.74 Å². The first-order valence-electron chi connectivity index (χ1n) is 7.37. The van der Waals surface area contributed by atoms with Crippen molar-refractivity contribution in [3.8, 4) is 5.88 Å². The van der Waals surface area contributed by atoms with Crippen LogP contribution in [0, 0.1) is 0 Å². The Morgan fingerprint density at radius 3 is 2.70 bits per heavy atom. The largest absolute Gasteiger partial charge is 0.471 e. The van der Waals surface area contributed by atoms with Gasteiger partial charge in [-0.3, -0.25) is 0 Å². The zero-order valence-electron chi connectivity index (χ0n) is 12.4. The highest BCUT2D eigenvalue weighted by atomic mass is 16.5. The Morgan fingerprint density at radius 1 is 1.00 bits per heavy atom. The fourth-order valence-corrected chi connectivity index (χ4v) is 2.51. The Hall–Kier alpha value is -3.03. The van der Waals surface area contributed by atoms with Gasteiger partial charge in [0, 0.05) is 31.2 Å². The molecule has 0 amide bonds. The van der Waals surface area contributed by atoms with E-state index in [1.165, 1.54) is 0 Å². The van der Waals surface area contributed by atoms with Crippen LogP contribution >= 0.6 is 0 Å². The number of aromatic nitrogens is 6. The highest BCUT2D eigenvalue weighted by Crippen LogP contribution is 2.19. The second-order valence-electron chi connectivity index (χ2n) is 5.13. The summed E-state index contributed by atoms with van der Waals surface area (Å²) in [5, 5.41) is 8.43. The van der Waals surface area contributed by atoms with E-state index in [4.69, 9.17) is 4.74 Å². The molecule has 3 aromatic heterocycles. The van der Waals surface area contributed by atoms with Crippen LogP contribution in [0.3, 0.4) is 0 Å². The number of hydrogen-bond donors (Lipinski definition) is 0. The van der Waals surface area contributed by atoms with E-state index in [1.54, 1.807) is 18.6 Å². The molecule has 4 rings (SSSR count). The second-order valence-corrected chi connectivity index (χ2v) is 5.13. The van der Waals surface area contributed by atoms with Crippen molar-refractivity contribution >= 4 is 5.95 Å². The van der Waals surface area contributed by atoms with Crippen LogP contribution < -0.4 is 9.64 Å². The zero-order chi connectivity index (χ0) is 15.5. The third-order valence-corrected chi connectivity index (χ3v) is 3.67. The highest BCUT2D eigenvalue weighted by Gasteiger charge is 2.23. The van der Waals surface area contributed by atoms with Crippen molar-refractivity contribution in [1.29, 1.82) is 0 Å². The number of nitrogens with zero attached hydrogens (tertiary/aromatic N) is 7. The molecular formula is C15H15N7O. The first-order chi connectivity index (χ1) is 11.4. The van der Waals surface area contributed by atoms with Crippen LogP contribution in [0.5, 0.6) is 5.88 Å². The number of hydrogen-bond acceptors (Lipinski definition) is 7. The van der Waals surface area contributed by atoms with Gasteiger partial charge in [0.25, 0.3) is 0 Å². The maximum Gasteiger partial charge on any atom is 0.225 e. The summed E-state index contributed by atoms with van der Waals surface area (Å²) in [6.07, 6.45) is 5.19. The van der Waals surface area contributed by atoms with Gasteiger partial charge < -0.3 is 9.64 Å². The lowest BCUT2D eigenvalue weighted by molar-refractivity contribution is 0.287. The SMILES string of the molecule is c1ccc(OCc2nnn3c2CN(c2ncccn2)CC3)nc1. The van der Waals surface area contributed by atoms with Crippen molar-refractivity contribution in [2.24, 2.45) is 0 Å². The minimum Gasteiger partial charge on any atom is -0.471 e. The van der Waals surface area contributed by atoms with Gasteiger partial charge in [-0.2, -0.15) is 0 Å². The molecule has 0 saturated heterocycles. The molecule has 0 aliphatic carbocycles. The quantitative estimate of drug-likeness (QED) is 0.712. The van der Waals surface area contributed by atoms with Crippen molar-refractivity contribution in [3.63, 3.8) is 0 Å². The third kappa shape index (κ3) is 2.83. The Balaban J connectivity index is 1.51. The Labute approximate surface area is 132 Å². The number of anilines is 1. The number of fused-ring (bicyclic) bond motifs is 1. The van der Waals surface area contributed by atoms with Gasteiger partial charge in [0.15, 0.2) is 0 Å². The highest BCUT2D eigenvalue weighted by molar-refractivity contribution is 5.32. The molecule has 0 unspecified atom stereocenters. The molecule has 8 heteroatoms. The lowest BCUT2D eigenvalue weighted by Gasteiger charge is -2.27. The molecule has 1 aliphatic heterocycles. The lowest BCUT2D eigenvalue weighted by atomic mass is 10.2. The van der Waals surface area contributed by atoms with E-state index in [0.717, 1.165) is 30.4 Å². The molecule has 0 fully saturated rings. The summed E-state index contributed by atoms with van der Waals surface area (Å²) in [5.41, 5.74) is 1.84. The summed E-state index contributed by atoms with van der Waals surface area (Å²) >= 11 is 0. The summed E-state index contributed by atoms with van der Waals surface area (Å²) in [6.45, 7) is 2.57. The molecule has 0 bridgehead atoms. The van der Waals surface area contributed by atoms with Crippen LogP contribution in [0.1, 0.15) is 11.4 Å². The maximum atomic E-state index is 5.68. The van der Waals surface area contributed by atoms with E-state index in [9.17, 15) is 0 Å². The molecule has 3 aromatic rings. The van der Waals surface area contributed by atoms with Gasteiger partial charge in [0.05, 0.1) is 18.8 Å². The normalized spacial score (nSPS) is 13.7. The average Bonchev–Trinajstić information content (AvgIpc) is 3.04. The number of pyridine rings is 1. The third-order valence-electron chi connectivity index (χ3n) is 3.67. The minimum absolute atomic E-state index is 0.343. The monoisotopic (exact) mass is 309 g/mol. The smallest absolute Gasteiger partial charge is 0.225 e. The topological polar surface area (TPSA) is 81.9 Å². The van der Waals surface area contributed by atoms with Crippen LogP contribution in [-0.4, -0.2) is 36.5 Å². The van der Waals surface area contributed by atoms with Gasteiger partial charge in [-0.15, -0.1) is 5.10 Å². The molecule has 8 nitrogen and oxygen atoms in total. The first kappa shape index (κ1) is 13.6. The fourth-order valence-electron chi connectivity index (χ4n) is 2.51. The molecule has 0 atom stereocenters. The van der Waals surface area contributed by atoms with E-state index >= 15 is 0 Å². The maximum absolute atomic E-state index is 5.68. The standard InChI is InChI=1S/C15H15N7O/c1-2-5-16-14(4-1)23-11-12-13-10-21(8-9-22(13)20-19-12)15-17-6-3-7-18-15/h1-7H,8-11H2. The predicted octanol–water partition coefficient (Wildman–Crippen LogP) is 1.06. The van der Waals surface area contributed by atoms with Gasteiger partial charge >= 0.3 is 0 Å². The summed E-state index contributed by atoms with van der Waals surface area (Å²) in [5.74, 6) is 1.30. The van der Waals surface area contributed by atoms with Crippen LogP contribution in [-0.2, 0) is 19.7 Å². The molecule has 23 heavy (non-hydrogen) atoms. The number of ether oxygens (including phenoxy) is 1. The van der Waals surface area contributed by atoms with E-state index in [2.05, 4.69) is 30.2 Å². The minimum atomic E-state index is 0.343.